The molecule has 0 saturated carbocycles. The van der Waals surface area contributed by atoms with Gasteiger partial charge in [0.2, 0.25) is 0 Å². The number of nitrogens with zero attached hydrogens (tertiary/aromatic N) is 4. The van der Waals surface area contributed by atoms with Gasteiger partial charge in [-0.3, -0.25) is 9.48 Å². The van der Waals surface area contributed by atoms with E-state index in [0.717, 1.165) is 31.6 Å². The number of fused-ring (bicyclic) bond motifs is 1. The Morgan fingerprint density at radius 3 is 2.63 bits per heavy atom. The summed E-state index contributed by atoms with van der Waals surface area (Å²) in [5, 5.41) is 7.94. The van der Waals surface area contributed by atoms with Crippen molar-refractivity contribution >= 4 is 12.1 Å². The summed E-state index contributed by atoms with van der Waals surface area (Å²) < 4.78 is 8.71. The molecule has 0 aliphatic carbocycles. The van der Waals surface area contributed by atoms with Crippen molar-refractivity contribution in [1.29, 1.82) is 0 Å². The maximum Gasteiger partial charge on any atom is 0.293 e. The maximum atomic E-state index is 9.60. The van der Waals surface area contributed by atoms with E-state index >= 15 is 0 Å². The van der Waals surface area contributed by atoms with E-state index in [1.54, 1.807) is 0 Å². The zero-order valence-electron chi connectivity index (χ0n) is 16.1. The summed E-state index contributed by atoms with van der Waals surface area (Å²) in [6.45, 7) is 8.09. The van der Waals surface area contributed by atoms with Crippen LogP contribution in [0.2, 0.25) is 0 Å². The number of imidazole rings is 1. The van der Waals surface area contributed by atoms with Crippen molar-refractivity contribution in [1.82, 2.24) is 24.5 Å². The predicted octanol–water partition coefficient (Wildman–Crippen LogP) is 3.08. The van der Waals surface area contributed by atoms with Crippen molar-refractivity contribution in [2.24, 2.45) is 0 Å². The van der Waals surface area contributed by atoms with E-state index in [1.807, 2.05) is 49.8 Å². The van der Waals surface area contributed by atoms with E-state index < -0.39 is 0 Å². The van der Waals surface area contributed by atoms with Gasteiger partial charge < -0.3 is 14.5 Å². The standard InChI is InChI=1S/C15H17N5.C5H10O2/c1-2-15-17-7-8-19(15)10-12(1)13-9-18-20(11-13)14-3-5-16-6-4-14;1-5(2,3)7-4-6/h1-2,7-11,14,16H,3-6H2;4H,1-3H3. The number of hydrogen-bond donors (Lipinski definition) is 1. The molecule has 4 rings (SSSR count). The fourth-order valence-corrected chi connectivity index (χ4v) is 2.99. The minimum Gasteiger partial charge on any atom is -0.462 e. The van der Waals surface area contributed by atoms with Crippen molar-refractivity contribution in [2.45, 2.75) is 45.3 Å². The number of rotatable bonds is 3. The van der Waals surface area contributed by atoms with Crippen molar-refractivity contribution < 1.29 is 9.53 Å². The Morgan fingerprint density at radius 2 is 1.96 bits per heavy atom. The molecule has 7 nitrogen and oxygen atoms in total. The lowest BCUT2D eigenvalue weighted by Crippen LogP contribution is -2.29. The van der Waals surface area contributed by atoms with Crippen LogP contribution in [0.3, 0.4) is 0 Å². The highest BCUT2D eigenvalue weighted by molar-refractivity contribution is 5.63. The maximum absolute atomic E-state index is 9.60. The summed E-state index contributed by atoms with van der Waals surface area (Å²) in [4.78, 5) is 13.9. The first-order valence-electron chi connectivity index (χ1n) is 9.26. The lowest BCUT2D eigenvalue weighted by Gasteiger charge is -2.22. The normalized spacial score (nSPS) is 15.2. The van der Waals surface area contributed by atoms with Gasteiger partial charge in [0.1, 0.15) is 11.2 Å². The van der Waals surface area contributed by atoms with Crippen LogP contribution in [0.25, 0.3) is 16.8 Å². The molecule has 1 aliphatic heterocycles. The highest BCUT2D eigenvalue weighted by atomic mass is 16.5. The Balaban J connectivity index is 0.000000260. The van der Waals surface area contributed by atoms with Crippen LogP contribution in [-0.2, 0) is 9.53 Å². The van der Waals surface area contributed by atoms with Gasteiger partial charge in [0.05, 0.1) is 12.2 Å². The Kier molecular flexibility index (Phi) is 5.91. The zero-order valence-corrected chi connectivity index (χ0v) is 16.1. The molecule has 3 aromatic heterocycles. The third-order valence-electron chi connectivity index (χ3n) is 4.41. The third kappa shape index (κ3) is 5.17. The lowest BCUT2D eigenvalue weighted by atomic mass is 10.1. The van der Waals surface area contributed by atoms with Crippen LogP contribution in [0.4, 0.5) is 0 Å². The summed E-state index contributed by atoms with van der Waals surface area (Å²) in [5.41, 5.74) is 3.00. The summed E-state index contributed by atoms with van der Waals surface area (Å²) in [6.07, 6.45) is 12.3. The van der Waals surface area contributed by atoms with Gasteiger partial charge in [0.25, 0.3) is 6.47 Å². The van der Waals surface area contributed by atoms with Gasteiger partial charge >= 0.3 is 0 Å². The smallest absolute Gasteiger partial charge is 0.293 e. The molecule has 144 valence electrons. The highest BCUT2D eigenvalue weighted by Gasteiger charge is 2.16. The molecule has 1 fully saturated rings. The molecular formula is C20H27N5O2. The molecule has 27 heavy (non-hydrogen) atoms. The number of nitrogens with one attached hydrogen (secondary N) is 1. The topological polar surface area (TPSA) is 73.5 Å². The van der Waals surface area contributed by atoms with E-state index in [0.29, 0.717) is 12.5 Å². The molecule has 0 bridgehead atoms. The molecule has 0 amide bonds. The van der Waals surface area contributed by atoms with Crippen LogP contribution in [0, 0.1) is 0 Å². The van der Waals surface area contributed by atoms with Crippen LogP contribution < -0.4 is 5.32 Å². The van der Waals surface area contributed by atoms with Crippen LogP contribution in [0.5, 0.6) is 0 Å². The first-order chi connectivity index (χ1) is 13.0. The van der Waals surface area contributed by atoms with Crippen molar-refractivity contribution in [3.05, 3.63) is 43.1 Å². The van der Waals surface area contributed by atoms with Gasteiger partial charge in [-0.05, 0) is 58.8 Å². The van der Waals surface area contributed by atoms with Gasteiger partial charge in [-0.2, -0.15) is 5.10 Å². The summed E-state index contributed by atoms with van der Waals surface area (Å²) in [6, 6.07) is 4.67. The Labute approximate surface area is 159 Å². The number of carbonyl (C=O) groups is 1. The molecule has 3 aromatic rings. The fourth-order valence-electron chi connectivity index (χ4n) is 2.99. The zero-order chi connectivity index (χ0) is 19.3. The largest absolute Gasteiger partial charge is 0.462 e. The van der Waals surface area contributed by atoms with E-state index in [9.17, 15) is 4.79 Å². The molecule has 0 spiro atoms. The molecular weight excluding hydrogens is 342 g/mol. The molecule has 1 saturated heterocycles. The second-order valence-corrected chi connectivity index (χ2v) is 7.63. The molecule has 4 heterocycles. The van der Waals surface area contributed by atoms with E-state index in [1.165, 1.54) is 11.1 Å². The number of carbonyl (C=O) groups excluding carboxylic acids is 1. The minimum atomic E-state index is -0.318. The molecule has 1 aliphatic rings. The molecule has 0 aromatic carbocycles. The lowest BCUT2D eigenvalue weighted by molar-refractivity contribution is -0.138. The molecule has 0 radical (unpaired) electrons. The first kappa shape index (κ1) is 19.1. The summed E-state index contributed by atoms with van der Waals surface area (Å²) in [7, 11) is 0. The number of hydrogen-bond acceptors (Lipinski definition) is 5. The second kappa shape index (κ2) is 8.35. The van der Waals surface area contributed by atoms with Crippen molar-refractivity contribution in [3.8, 4) is 11.1 Å². The van der Waals surface area contributed by atoms with Crippen LogP contribution in [-0.4, -0.2) is 44.3 Å². The molecule has 0 unspecified atom stereocenters. The highest BCUT2D eigenvalue weighted by Crippen LogP contribution is 2.23. The first-order valence-corrected chi connectivity index (χ1v) is 9.26. The molecule has 0 atom stereocenters. The SMILES string of the molecule is CC(C)(C)OC=O.c1cn2cc(-c3cnn(C4CCNCC4)c3)ccc2n1. The van der Waals surface area contributed by atoms with E-state index in [4.69, 9.17) is 0 Å². The average molecular weight is 369 g/mol. The van der Waals surface area contributed by atoms with Gasteiger partial charge in [-0.1, -0.05) is 0 Å². The van der Waals surface area contributed by atoms with Crippen LogP contribution in [0.15, 0.2) is 43.1 Å². The molecule has 1 N–H and O–H groups in total. The van der Waals surface area contributed by atoms with E-state index in [2.05, 4.69) is 43.3 Å². The second-order valence-electron chi connectivity index (χ2n) is 7.63. The Hall–Kier alpha value is -2.67. The van der Waals surface area contributed by atoms with Crippen molar-refractivity contribution in [2.75, 3.05) is 13.1 Å². The van der Waals surface area contributed by atoms with Gasteiger partial charge in [0.15, 0.2) is 0 Å². The van der Waals surface area contributed by atoms with Gasteiger partial charge in [-0.25, -0.2) is 4.98 Å². The number of ether oxygens (including phenoxy) is 1. The van der Waals surface area contributed by atoms with Crippen LogP contribution in [0.1, 0.15) is 39.7 Å². The molecule has 7 heteroatoms. The number of piperidine rings is 1. The average Bonchev–Trinajstić information content (AvgIpc) is 3.31. The summed E-state index contributed by atoms with van der Waals surface area (Å²) >= 11 is 0. The quantitative estimate of drug-likeness (QED) is 0.718. The fraction of sp³-hybridized carbons (Fsp3) is 0.450. The van der Waals surface area contributed by atoms with Crippen molar-refractivity contribution in [3.63, 3.8) is 0 Å². The summed E-state index contributed by atoms with van der Waals surface area (Å²) in [5.74, 6) is 0. The van der Waals surface area contributed by atoms with Gasteiger partial charge in [0, 0.05) is 35.9 Å². The predicted molar refractivity (Wildman–Crippen MR) is 104 cm³/mol. The third-order valence-corrected chi connectivity index (χ3v) is 4.41. The van der Waals surface area contributed by atoms with E-state index in [-0.39, 0.29) is 5.60 Å². The number of aromatic nitrogens is 4. The minimum absolute atomic E-state index is 0.318. The Morgan fingerprint density at radius 1 is 1.19 bits per heavy atom. The monoisotopic (exact) mass is 369 g/mol. The van der Waals surface area contributed by atoms with Crippen LogP contribution >= 0.6 is 0 Å². The van der Waals surface area contributed by atoms with Gasteiger partial charge in [-0.15, -0.1) is 0 Å². The number of pyridine rings is 1. The Bertz CT molecular complexity index is 872.